The lowest BCUT2D eigenvalue weighted by Crippen LogP contribution is -2.44. The third-order valence-electron chi connectivity index (χ3n) is 3.27. The molecule has 3 unspecified atom stereocenters. The van der Waals surface area contributed by atoms with Gasteiger partial charge in [-0.3, -0.25) is 14.7 Å². The first-order valence-corrected chi connectivity index (χ1v) is 7.69. The van der Waals surface area contributed by atoms with Crippen molar-refractivity contribution in [3.8, 4) is 0 Å². The molecular weight excluding hydrogens is 277 g/mol. The summed E-state index contributed by atoms with van der Waals surface area (Å²) in [4.78, 5) is 10.8. The summed E-state index contributed by atoms with van der Waals surface area (Å²) in [6.45, 7) is 4.43. The Morgan fingerprint density at radius 1 is 1.47 bits per heavy atom. The van der Waals surface area contributed by atoms with Crippen LogP contribution in [0.25, 0.3) is 0 Å². The lowest BCUT2D eigenvalue weighted by Gasteiger charge is -2.31. The van der Waals surface area contributed by atoms with E-state index in [1.165, 1.54) is 6.92 Å². The second-order valence-electron chi connectivity index (χ2n) is 4.40. The van der Waals surface area contributed by atoms with Crippen LogP contribution in [0.2, 0.25) is 0 Å². The van der Waals surface area contributed by atoms with Crippen molar-refractivity contribution in [2.75, 3.05) is 19.8 Å². The summed E-state index contributed by atoms with van der Waals surface area (Å²) in [6.07, 6.45) is -1.05. The summed E-state index contributed by atoms with van der Waals surface area (Å²) in [7, 11) is -3.96. The molecule has 0 aromatic carbocycles. The Morgan fingerprint density at radius 2 is 2.00 bits per heavy atom. The summed E-state index contributed by atoms with van der Waals surface area (Å²) in [6, 6.07) is 0. The molecule has 0 aromatic heterocycles. The van der Waals surface area contributed by atoms with E-state index in [0.717, 1.165) is 0 Å². The van der Waals surface area contributed by atoms with E-state index in [2.05, 4.69) is 0 Å². The van der Waals surface area contributed by atoms with Gasteiger partial charge in [-0.25, -0.2) is 0 Å². The Hall–Kier alpha value is -0.530. The molecule has 0 spiro atoms. The van der Waals surface area contributed by atoms with Crippen molar-refractivity contribution >= 4 is 7.60 Å². The monoisotopic (exact) mass is 297 g/mol. The van der Waals surface area contributed by atoms with E-state index in [0.29, 0.717) is 0 Å². The van der Waals surface area contributed by atoms with Gasteiger partial charge in [-0.05, 0) is 13.8 Å². The normalized spacial score (nSPS) is 27.2. The highest BCUT2D eigenvalue weighted by molar-refractivity contribution is 7.55. The zero-order valence-corrected chi connectivity index (χ0v) is 12.2. The summed E-state index contributed by atoms with van der Waals surface area (Å²) >= 11 is 0. The fourth-order valence-electron chi connectivity index (χ4n) is 2.10. The molecule has 1 rings (SSSR count). The molecule has 1 saturated heterocycles. The number of aliphatic hydroxyl groups is 1. The van der Waals surface area contributed by atoms with Gasteiger partial charge in [0.1, 0.15) is 0 Å². The molecular formula is C10H20NO7P. The van der Waals surface area contributed by atoms with Crippen LogP contribution in [0.4, 0.5) is 0 Å². The van der Waals surface area contributed by atoms with Crippen molar-refractivity contribution in [1.29, 1.82) is 0 Å². The minimum atomic E-state index is -3.96. The van der Waals surface area contributed by atoms with Gasteiger partial charge in [-0.15, -0.1) is 0 Å². The van der Waals surface area contributed by atoms with Crippen molar-refractivity contribution in [2.24, 2.45) is 5.92 Å². The number of nitrogens with zero attached hydrogens (tertiary/aromatic N) is 1. The number of ether oxygens (including phenoxy) is 1. The maximum absolute atomic E-state index is 12.7. The van der Waals surface area contributed by atoms with E-state index in [1.54, 1.807) is 13.8 Å². The van der Waals surface area contributed by atoms with E-state index >= 15 is 0 Å². The van der Waals surface area contributed by atoms with Gasteiger partial charge in [-0.1, -0.05) is 0 Å². The molecule has 3 atom stereocenters. The van der Waals surface area contributed by atoms with Gasteiger partial charge in [0.25, 0.3) is 0 Å². The van der Waals surface area contributed by atoms with Crippen molar-refractivity contribution in [3.63, 3.8) is 0 Å². The standard InChI is InChI=1S/C10H20NO7P/c1-4-17-19(15,18-5-2)10(3,11(13)14)8-6-9(12)16-7-8/h8-9,12H,4-7H2,1-3H3. The van der Waals surface area contributed by atoms with E-state index in [-0.39, 0.29) is 26.2 Å². The predicted molar refractivity (Wildman–Crippen MR) is 66.3 cm³/mol. The van der Waals surface area contributed by atoms with Crippen LogP contribution >= 0.6 is 7.60 Å². The molecule has 1 N–H and O–H groups in total. The lowest BCUT2D eigenvalue weighted by atomic mass is 10.00. The molecule has 8 nitrogen and oxygen atoms in total. The SMILES string of the molecule is CCOP(=O)(OCC)C(C)(C1COC(O)C1)[N+](=O)[O-]. The first kappa shape index (κ1) is 16.5. The van der Waals surface area contributed by atoms with Crippen molar-refractivity contribution < 1.29 is 28.4 Å². The van der Waals surface area contributed by atoms with Crippen molar-refractivity contribution in [2.45, 2.75) is 38.8 Å². The predicted octanol–water partition coefficient (Wildman–Crippen LogP) is 1.60. The molecule has 1 heterocycles. The second-order valence-corrected chi connectivity index (χ2v) is 6.82. The minimum Gasteiger partial charge on any atom is -0.368 e. The molecule has 0 aromatic rings. The number of nitro groups is 1. The number of aliphatic hydroxyl groups excluding tert-OH is 1. The molecule has 1 fully saturated rings. The number of rotatable bonds is 7. The molecule has 19 heavy (non-hydrogen) atoms. The van der Waals surface area contributed by atoms with Crippen LogP contribution in [-0.4, -0.2) is 41.4 Å². The molecule has 0 aliphatic carbocycles. The summed E-state index contributed by atoms with van der Waals surface area (Å²) < 4.78 is 27.9. The summed E-state index contributed by atoms with van der Waals surface area (Å²) in [5.74, 6) is -0.735. The van der Waals surface area contributed by atoms with Gasteiger partial charge in [0.2, 0.25) is 0 Å². The summed E-state index contributed by atoms with van der Waals surface area (Å²) in [5.41, 5.74) is 0. The number of hydrogen-bond acceptors (Lipinski definition) is 7. The Morgan fingerprint density at radius 3 is 2.32 bits per heavy atom. The molecule has 0 radical (unpaired) electrons. The van der Waals surface area contributed by atoms with Crippen LogP contribution in [-0.2, 0) is 18.3 Å². The van der Waals surface area contributed by atoms with E-state index in [9.17, 15) is 19.8 Å². The third kappa shape index (κ3) is 2.98. The van der Waals surface area contributed by atoms with E-state index in [1.807, 2.05) is 0 Å². The van der Waals surface area contributed by atoms with Crippen LogP contribution in [0.15, 0.2) is 0 Å². The van der Waals surface area contributed by atoms with Crippen LogP contribution < -0.4 is 0 Å². The average molecular weight is 297 g/mol. The smallest absolute Gasteiger partial charge is 0.368 e. The Kier molecular flexibility index (Phi) is 5.46. The first-order valence-electron chi connectivity index (χ1n) is 6.15. The zero-order chi connectivity index (χ0) is 14.7. The van der Waals surface area contributed by atoms with E-state index in [4.69, 9.17) is 13.8 Å². The van der Waals surface area contributed by atoms with Crippen LogP contribution in [0.3, 0.4) is 0 Å². The van der Waals surface area contributed by atoms with Gasteiger partial charge in [-0.2, -0.15) is 0 Å². The van der Waals surface area contributed by atoms with Crippen LogP contribution in [0.5, 0.6) is 0 Å². The first-order chi connectivity index (χ1) is 8.81. The largest absolute Gasteiger partial charge is 0.407 e. The molecule has 0 amide bonds. The minimum absolute atomic E-state index is 0.0294. The lowest BCUT2D eigenvalue weighted by molar-refractivity contribution is -0.550. The van der Waals surface area contributed by atoms with Gasteiger partial charge in [0, 0.05) is 18.3 Å². The fraction of sp³-hybridized carbons (Fsp3) is 1.00. The Labute approximate surface area is 111 Å². The topological polar surface area (TPSA) is 108 Å². The van der Waals surface area contributed by atoms with Crippen LogP contribution in [0, 0.1) is 16.0 Å². The Balaban J connectivity index is 3.15. The average Bonchev–Trinajstić information content (AvgIpc) is 2.75. The van der Waals surface area contributed by atoms with E-state index < -0.39 is 30.0 Å². The maximum atomic E-state index is 12.7. The highest BCUT2D eigenvalue weighted by atomic mass is 31.2. The molecule has 1 aliphatic heterocycles. The van der Waals surface area contributed by atoms with Gasteiger partial charge >= 0.3 is 12.9 Å². The fourth-order valence-corrected chi connectivity index (χ4v) is 4.20. The quantitative estimate of drug-likeness (QED) is 0.432. The van der Waals surface area contributed by atoms with Gasteiger partial charge in [0.15, 0.2) is 6.29 Å². The molecule has 9 heteroatoms. The van der Waals surface area contributed by atoms with Crippen LogP contribution in [0.1, 0.15) is 27.2 Å². The second kappa shape index (κ2) is 6.28. The summed E-state index contributed by atoms with van der Waals surface area (Å²) in [5, 5.41) is 18.9. The Bertz CT molecular complexity index is 367. The van der Waals surface area contributed by atoms with Gasteiger partial charge in [0.05, 0.1) is 25.7 Å². The zero-order valence-electron chi connectivity index (χ0n) is 11.3. The molecule has 1 aliphatic rings. The molecule has 112 valence electrons. The van der Waals surface area contributed by atoms with Gasteiger partial charge < -0.3 is 18.9 Å². The highest BCUT2D eigenvalue weighted by Gasteiger charge is 2.64. The highest BCUT2D eigenvalue weighted by Crippen LogP contribution is 2.64. The van der Waals surface area contributed by atoms with Crippen molar-refractivity contribution in [1.82, 2.24) is 0 Å². The third-order valence-corrected chi connectivity index (χ3v) is 6.11. The molecule has 0 bridgehead atoms. The number of hydrogen-bond donors (Lipinski definition) is 1. The maximum Gasteiger partial charge on any atom is 0.407 e. The molecule has 0 saturated carbocycles. The van der Waals surface area contributed by atoms with Crippen molar-refractivity contribution in [3.05, 3.63) is 10.1 Å².